The Balaban J connectivity index is 2.28. The van der Waals surface area contributed by atoms with Gasteiger partial charge in [0.05, 0.1) is 13.2 Å². The predicted octanol–water partition coefficient (Wildman–Crippen LogP) is 1.44. The Bertz CT molecular complexity index is 258. The van der Waals surface area contributed by atoms with E-state index in [1.54, 1.807) is 0 Å². The van der Waals surface area contributed by atoms with Crippen LogP contribution in [0, 0.1) is 11.8 Å². The number of carbonyl (C=O) groups excluding carboxylic acids is 1. The molecule has 0 fully saturated rings. The van der Waals surface area contributed by atoms with Crippen LogP contribution in [0.3, 0.4) is 0 Å². The second-order valence-electron chi connectivity index (χ2n) is 4.21. The van der Waals surface area contributed by atoms with Crippen molar-refractivity contribution < 1.29 is 9.90 Å². The molecule has 0 bridgehead atoms. The summed E-state index contributed by atoms with van der Waals surface area (Å²) in [7, 11) is 0. The molecule has 0 aromatic rings. The third-order valence-corrected chi connectivity index (χ3v) is 3.36. The molecule has 1 aliphatic carbocycles. The van der Waals surface area contributed by atoms with Gasteiger partial charge in [-0.25, -0.2) is 4.79 Å². The van der Waals surface area contributed by atoms with Crippen molar-refractivity contribution in [3.8, 4) is 0 Å². The summed E-state index contributed by atoms with van der Waals surface area (Å²) in [5.74, 6) is 1.11. The fourth-order valence-corrected chi connectivity index (χ4v) is 1.96. The normalized spacial score (nSPS) is 24.2. The molecule has 0 aromatic carbocycles. The number of carbonyl (C=O) groups is 1. The molecule has 0 saturated heterocycles. The Morgan fingerprint density at radius 1 is 1.56 bits per heavy atom. The van der Waals surface area contributed by atoms with E-state index in [0.29, 0.717) is 18.4 Å². The molecule has 16 heavy (non-hydrogen) atoms. The van der Waals surface area contributed by atoms with Crippen molar-refractivity contribution in [3.05, 3.63) is 12.2 Å². The van der Waals surface area contributed by atoms with Gasteiger partial charge in [-0.15, -0.1) is 0 Å². The average Bonchev–Trinajstić information content (AvgIpc) is 2.28. The van der Waals surface area contributed by atoms with Gasteiger partial charge in [0.1, 0.15) is 0 Å². The SMILES string of the molecule is CC1CC=CCC1CNC(=O)N(S)CCO. The first-order valence-corrected chi connectivity index (χ1v) is 6.05. The second-order valence-corrected chi connectivity index (χ2v) is 4.70. The Morgan fingerprint density at radius 2 is 2.25 bits per heavy atom. The van der Waals surface area contributed by atoms with Crippen molar-refractivity contribution in [2.75, 3.05) is 19.7 Å². The lowest BCUT2D eigenvalue weighted by Gasteiger charge is -2.26. The number of hydrogen-bond donors (Lipinski definition) is 3. The van der Waals surface area contributed by atoms with Gasteiger partial charge in [0.2, 0.25) is 0 Å². The van der Waals surface area contributed by atoms with Crippen molar-refractivity contribution >= 4 is 18.8 Å². The smallest absolute Gasteiger partial charge is 0.327 e. The lowest BCUT2D eigenvalue weighted by atomic mass is 9.84. The van der Waals surface area contributed by atoms with E-state index in [2.05, 4.69) is 37.2 Å². The van der Waals surface area contributed by atoms with E-state index in [9.17, 15) is 4.79 Å². The Kier molecular flexibility index (Phi) is 5.69. The lowest BCUT2D eigenvalue weighted by Crippen LogP contribution is -2.39. The predicted molar refractivity (Wildman–Crippen MR) is 67.2 cm³/mol. The van der Waals surface area contributed by atoms with E-state index in [0.717, 1.165) is 12.8 Å². The highest BCUT2D eigenvalue weighted by Crippen LogP contribution is 2.24. The number of rotatable bonds is 4. The summed E-state index contributed by atoms with van der Waals surface area (Å²) >= 11 is 3.97. The highest BCUT2D eigenvalue weighted by atomic mass is 32.1. The summed E-state index contributed by atoms with van der Waals surface area (Å²) in [5, 5.41) is 11.5. The molecule has 4 nitrogen and oxygen atoms in total. The average molecular weight is 244 g/mol. The first-order chi connectivity index (χ1) is 7.65. The van der Waals surface area contributed by atoms with Crippen LogP contribution < -0.4 is 5.32 Å². The third kappa shape index (κ3) is 4.06. The first-order valence-electron chi connectivity index (χ1n) is 5.65. The van der Waals surface area contributed by atoms with E-state index >= 15 is 0 Å². The summed E-state index contributed by atoms with van der Waals surface area (Å²) < 4.78 is 1.20. The first kappa shape index (κ1) is 13.4. The van der Waals surface area contributed by atoms with Gasteiger partial charge in [0, 0.05) is 6.54 Å². The van der Waals surface area contributed by atoms with E-state index in [4.69, 9.17) is 5.11 Å². The molecule has 0 spiro atoms. The summed E-state index contributed by atoms with van der Waals surface area (Å²) in [6, 6.07) is -0.237. The number of thiol groups is 1. The number of allylic oxidation sites excluding steroid dienone is 2. The topological polar surface area (TPSA) is 52.6 Å². The number of nitrogens with zero attached hydrogens (tertiary/aromatic N) is 1. The fraction of sp³-hybridized carbons (Fsp3) is 0.727. The quantitative estimate of drug-likeness (QED) is 0.518. The zero-order chi connectivity index (χ0) is 12.0. The van der Waals surface area contributed by atoms with E-state index in [-0.39, 0.29) is 19.2 Å². The maximum absolute atomic E-state index is 11.5. The second kappa shape index (κ2) is 6.81. The Labute approximate surface area is 102 Å². The van der Waals surface area contributed by atoms with Gasteiger partial charge < -0.3 is 10.4 Å². The number of aliphatic hydroxyl groups excluding tert-OH is 1. The van der Waals surface area contributed by atoms with Crippen LogP contribution >= 0.6 is 12.8 Å². The summed E-state index contributed by atoms with van der Waals surface area (Å²) in [5.41, 5.74) is 0. The molecule has 0 radical (unpaired) electrons. The van der Waals surface area contributed by atoms with Crippen LogP contribution in [0.2, 0.25) is 0 Å². The van der Waals surface area contributed by atoms with E-state index < -0.39 is 0 Å². The number of urea groups is 1. The van der Waals surface area contributed by atoms with Gasteiger partial charge >= 0.3 is 6.03 Å². The van der Waals surface area contributed by atoms with Gasteiger partial charge in [-0.3, -0.25) is 4.31 Å². The highest BCUT2D eigenvalue weighted by Gasteiger charge is 2.19. The summed E-state index contributed by atoms with van der Waals surface area (Å²) in [6.45, 7) is 3.05. The van der Waals surface area contributed by atoms with Crippen LogP contribution in [-0.4, -0.2) is 35.1 Å². The van der Waals surface area contributed by atoms with Crippen molar-refractivity contribution in [2.45, 2.75) is 19.8 Å². The lowest BCUT2D eigenvalue weighted by molar-refractivity contribution is 0.209. The molecule has 0 aromatic heterocycles. The Morgan fingerprint density at radius 3 is 2.88 bits per heavy atom. The minimum absolute atomic E-state index is 0.0700. The van der Waals surface area contributed by atoms with Crippen molar-refractivity contribution in [1.29, 1.82) is 0 Å². The van der Waals surface area contributed by atoms with Gasteiger partial charge in [-0.1, -0.05) is 31.9 Å². The minimum atomic E-state index is -0.237. The maximum Gasteiger partial charge on any atom is 0.327 e. The largest absolute Gasteiger partial charge is 0.394 e. The molecule has 2 amide bonds. The molecular weight excluding hydrogens is 224 g/mol. The standard InChI is InChI=1S/C11H20N2O2S/c1-9-4-2-3-5-10(9)8-12-11(15)13(16)6-7-14/h2-3,9-10,14,16H,4-8H2,1H3,(H,12,15). The van der Waals surface area contributed by atoms with Crippen molar-refractivity contribution in [1.82, 2.24) is 9.62 Å². The van der Waals surface area contributed by atoms with E-state index in [1.807, 2.05) is 0 Å². The van der Waals surface area contributed by atoms with Crippen LogP contribution in [0.1, 0.15) is 19.8 Å². The van der Waals surface area contributed by atoms with E-state index in [1.165, 1.54) is 4.31 Å². The summed E-state index contributed by atoms with van der Waals surface area (Å²) in [4.78, 5) is 11.5. The van der Waals surface area contributed by atoms with Gasteiger partial charge in [0.25, 0.3) is 0 Å². The molecule has 2 unspecified atom stereocenters. The molecular formula is C11H20N2O2S. The molecule has 5 heteroatoms. The van der Waals surface area contributed by atoms with Crippen LogP contribution in [-0.2, 0) is 0 Å². The number of hydrogen-bond acceptors (Lipinski definition) is 3. The summed E-state index contributed by atoms with van der Waals surface area (Å²) in [6.07, 6.45) is 6.47. The molecule has 92 valence electrons. The van der Waals surface area contributed by atoms with Crippen molar-refractivity contribution in [2.24, 2.45) is 11.8 Å². The third-order valence-electron chi connectivity index (χ3n) is 2.98. The molecule has 0 aliphatic heterocycles. The van der Waals surface area contributed by atoms with Crippen LogP contribution in [0.25, 0.3) is 0 Å². The molecule has 0 heterocycles. The maximum atomic E-state index is 11.5. The minimum Gasteiger partial charge on any atom is -0.394 e. The van der Waals surface area contributed by atoms with Crippen LogP contribution in [0.4, 0.5) is 4.79 Å². The zero-order valence-electron chi connectivity index (χ0n) is 9.59. The fourth-order valence-electron chi connectivity index (χ4n) is 1.80. The zero-order valence-corrected chi connectivity index (χ0v) is 10.5. The van der Waals surface area contributed by atoms with Gasteiger partial charge in [-0.05, 0) is 24.7 Å². The number of nitrogens with one attached hydrogen (secondary N) is 1. The van der Waals surface area contributed by atoms with Crippen molar-refractivity contribution in [3.63, 3.8) is 0 Å². The molecule has 2 atom stereocenters. The van der Waals surface area contributed by atoms with Gasteiger partial charge in [0.15, 0.2) is 0 Å². The number of aliphatic hydroxyl groups is 1. The molecule has 1 aliphatic rings. The van der Waals surface area contributed by atoms with Crippen LogP contribution in [0.15, 0.2) is 12.2 Å². The van der Waals surface area contributed by atoms with Gasteiger partial charge in [-0.2, -0.15) is 0 Å². The van der Waals surface area contributed by atoms with Crippen LogP contribution in [0.5, 0.6) is 0 Å². The highest BCUT2D eigenvalue weighted by molar-refractivity contribution is 7.78. The molecule has 0 saturated carbocycles. The Hall–Kier alpha value is -0.680. The monoisotopic (exact) mass is 244 g/mol. The molecule has 2 N–H and O–H groups in total. The molecule has 1 rings (SSSR count). The number of amides is 2.